The normalized spacial score (nSPS) is 14.4. The zero-order chi connectivity index (χ0) is 18.8. The molecule has 0 aliphatic carbocycles. The van der Waals surface area contributed by atoms with Crippen molar-refractivity contribution in [3.63, 3.8) is 0 Å². The summed E-state index contributed by atoms with van der Waals surface area (Å²) in [5, 5.41) is 4.46. The largest absolute Gasteiger partial charge is 0.323 e. The topological polar surface area (TPSA) is 62.3 Å². The minimum atomic E-state index is -0.348. The number of anilines is 2. The monoisotopic (exact) mass is 395 g/mol. The van der Waals surface area contributed by atoms with Gasteiger partial charge >= 0.3 is 0 Å². The van der Waals surface area contributed by atoms with Gasteiger partial charge in [-0.25, -0.2) is 4.98 Å². The van der Waals surface area contributed by atoms with Crippen molar-refractivity contribution in [1.82, 2.24) is 4.98 Å². The minimum absolute atomic E-state index is 0.0356. The summed E-state index contributed by atoms with van der Waals surface area (Å²) >= 11 is 2.95. The summed E-state index contributed by atoms with van der Waals surface area (Å²) in [5.74, 6) is -0.279. The van der Waals surface area contributed by atoms with E-state index in [0.29, 0.717) is 5.69 Å². The predicted octanol–water partition coefficient (Wildman–Crippen LogP) is 4.28. The van der Waals surface area contributed by atoms with Crippen molar-refractivity contribution in [3.05, 3.63) is 60.0 Å². The summed E-state index contributed by atoms with van der Waals surface area (Å²) in [6.07, 6.45) is 0. The van der Waals surface area contributed by atoms with Crippen LogP contribution in [0.1, 0.15) is 6.92 Å². The first-order valence-corrected chi connectivity index (χ1v) is 10.3. The van der Waals surface area contributed by atoms with Crippen LogP contribution in [0.3, 0.4) is 0 Å². The van der Waals surface area contributed by atoms with Crippen LogP contribution < -0.4 is 10.2 Å². The van der Waals surface area contributed by atoms with E-state index in [2.05, 4.69) is 10.3 Å². The Bertz CT molecular complexity index is 988. The number of hydrogen-bond acceptors (Lipinski definition) is 5. The average Bonchev–Trinajstić information content (AvgIpc) is 3.16. The molecule has 1 aromatic heterocycles. The Morgan fingerprint density at radius 1 is 1.19 bits per heavy atom. The Morgan fingerprint density at radius 2 is 1.93 bits per heavy atom. The summed E-state index contributed by atoms with van der Waals surface area (Å²) in [6, 6.07) is 17.3. The molecular formula is C20H17N3O2S2. The number of hydrogen-bond donors (Lipinski definition) is 1. The van der Waals surface area contributed by atoms with E-state index in [9.17, 15) is 9.59 Å². The van der Waals surface area contributed by atoms with Crippen LogP contribution in [0.2, 0.25) is 0 Å². The van der Waals surface area contributed by atoms with Crippen LogP contribution >= 0.6 is 23.1 Å². The fourth-order valence-electron chi connectivity index (χ4n) is 2.90. The summed E-state index contributed by atoms with van der Waals surface area (Å²) < 4.78 is 0.837. The first-order valence-electron chi connectivity index (χ1n) is 8.49. The number of carbonyl (C=O) groups excluding carboxylic acids is 2. The van der Waals surface area contributed by atoms with Gasteiger partial charge in [0.25, 0.3) is 0 Å². The zero-order valence-electron chi connectivity index (χ0n) is 14.6. The molecule has 27 heavy (non-hydrogen) atoms. The van der Waals surface area contributed by atoms with Crippen LogP contribution in [0.4, 0.5) is 11.4 Å². The Hall–Kier alpha value is -2.64. The Balaban J connectivity index is 1.51. The average molecular weight is 396 g/mol. The molecule has 0 saturated carbocycles. The lowest BCUT2D eigenvalue weighted by molar-refractivity contribution is -0.121. The van der Waals surface area contributed by atoms with E-state index in [1.54, 1.807) is 11.0 Å². The van der Waals surface area contributed by atoms with E-state index in [1.165, 1.54) is 23.1 Å². The van der Waals surface area contributed by atoms with Gasteiger partial charge < -0.3 is 5.32 Å². The Morgan fingerprint density at radius 3 is 2.74 bits per heavy atom. The first-order chi connectivity index (χ1) is 13.1. The molecule has 3 aromatic rings. The highest BCUT2D eigenvalue weighted by molar-refractivity contribution is 8.02. The molecule has 7 heteroatoms. The van der Waals surface area contributed by atoms with Crippen molar-refractivity contribution < 1.29 is 9.59 Å². The van der Waals surface area contributed by atoms with Crippen LogP contribution in [-0.2, 0) is 9.59 Å². The predicted molar refractivity (Wildman–Crippen MR) is 110 cm³/mol. The SMILES string of the molecule is C[C@@H](Sc1nc(-c2ccccc2)cs1)C(=O)N1CC(=O)Nc2ccccc21. The second-order valence-electron chi connectivity index (χ2n) is 6.11. The molecule has 0 radical (unpaired) electrons. The van der Waals surface area contributed by atoms with Gasteiger partial charge in [-0.05, 0) is 19.1 Å². The smallest absolute Gasteiger partial charge is 0.244 e. The van der Waals surface area contributed by atoms with Crippen molar-refractivity contribution >= 4 is 46.3 Å². The number of thiazole rings is 1. The molecule has 0 saturated heterocycles. The molecular weight excluding hydrogens is 378 g/mol. The van der Waals surface area contributed by atoms with Crippen molar-refractivity contribution in [2.45, 2.75) is 16.5 Å². The van der Waals surface area contributed by atoms with E-state index < -0.39 is 0 Å². The number of thioether (sulfide) groups is 1. The molecule has 1 aliphatic heterocycles. The molecule has 1 N–H and O–H groups in total. The molecule has 0 fully saturated rings. The fraction of sp³-hybridized carbons (Fsp3) is 0.150. The van der Waals surface area contributed by atoms with Gasteiger partial charge in [0.15, 0.2) is 4.34 Å². The molecule has 4 rings (SSSR count). The van der Waals surface area contributed by atoms with Gasteiger partial charge in [0, 0.05) is 10.9 Å². The maximum absolute atomic E-state index is 13.0. The molecule has 0 unspecified atom stereocenters. The van der Waals surface area contributed by atoms with Crippen LogP contribution in [0, 0.1) is 0 Å². The van der Waals surface area contributed by atoms with Gasteiger partial charge in [0.1, 0.15) is 6.54 Å². The summed E-state index contributed by atoms with van der Waals surface area (Å²) in [5.41, 5.74) is 3.37. The van der Waals surface area contributed by atoms with Crippen LogP contribution in [0.15, 0.2) is 64.3 Å². The number of benzene rings is 2. The third-order valence-corrected chi connectivity index (χ3v) is 6.27. The van der Waals surface area contributed by atoms with E-state index in [-0.39, 0.29) is 23.6 Å². The van der Waals surface area contributed by atoms with Crippen LogP contribution in [0.5, 0.6) is 0 Å². The van der Waals surface area contributed by atoms with Crippen molar-refractivity contribution in [3.8, 4) is 11.3 Å². The van der Waals surface area contributed by atoms with Gasteiger partial charge in [0.05, 0.1) is 22.3 Å². The molecule has 0 spiro atoms. The number of carbonyl (C=O) groups is 2. The standard InChI is InChI=1S/C20H17N3O2S2/c1-13(27-20-22-16(12-26-20)14-7-3-2-4-8-14)19(25)23-11-18(24)21-15-9-5-6-10-17(15)23/h2-10,12-13H,11H2,1H3,(H,21,24)/t13-/m1/s1. The number of aromatic nitrogens is 1. The third-order valence-electron chi connectivity index (χ3n) is 4.21. The van der Waals surface area contributed by atoms with E-state index >= 15 is 0 Å². The van der Waals surface area contributed by atoms with Crippen molar-refractivity contribution in [1.29, 1.82) is 0 Å². The number of amides is 2. The molecule has 2 heterocycles. The second kappa shape index (κ2) is 7.54. The molecule has 0 bridgehead atoms. The van der Waals surface area contributed by atoms with E-state index in [0.717, 1.165) is 21.3 Å². The van der Waals surface area contributed by atoms with Gasteiger partial charge in [-0.15, -0.1) is 11.3 Å². The summed E-state index contributed by atoms with van der Waals surface area (Å²) in [7, 11) is 0. The second-order valence-corrected chi connectivity index (χ2v) is 8.56. The highest BCUT2D eigenvalue weighted by atomic mass is 32.2. The van der Waals surface area contributed by atoms with E-state index in [4.69, 9.17) is 0 Å². The maximum atomic E-state index is 13.0. The van der Waals surface area contributed by atoms with Crippen LogP contribution in [0.25, 0.3) is 11.3 Å². The third kappa shape index (κ3) is 3.74. The highest BCUT2D eigenvalue weighted by Gasteiger charge is 2.30. The zero-order valence-corrected chi connectivity index (χ0v) is 16.2. The Kier molecular flexibility index (Phi) is 4.96. The van der Waals surface area contributed by atoms with Crippen LogP contribution in [-0.4, -0.2) is 28.6 Å². The van der Waals surface area contributed by atoms with Crippen molar-refractivity contribution in [2.24, 2.45) is 0 Å². The van der Waals surface area contributed by atoms with Gasteiger partial charge in [0.2, 0.25) is 11.8 Å². The Labute approximate surface area is 165 Å². The maximum Gasteiger partial charge on any atom is 0.244 e. The molecule has 1 aliphatic rings. The molecule has 1 atom stereocenters. The van der Waals surface area contributed by atoms with Gasteiger partial charge in [-0.1, -0.05) is 54.2 Å². The number of fused-ring (bicyclic) bond motifs is 1. The molecule has 2 aromatic carbocycles. The molecule has 136 valence electrons. The molecule has 2 amide bonds. The van der Waals surface area contributed by atoms with Gasteiger partial charge in [-0.3, -0.25) is 14.5 Å². The number of rotatable bonds is 4. The lowest BCUT2D eigenvalue weighted by Gasteiger charge is -2.30. The van der Waals surface area contributed by atoms with Crippen molar-refractivity contribution in [2.75, 3.05) is 16.8 Å². The fourth-order valence-corrected chi connectivity index (χ4v) is 4.94. The highest BCUT2D eigenvalue weighted by Crippen LogP contribution is 2.34. The van der Waals surface area contributed by atoms with E-state index in [1.807, 2.05) is 60.8 Å². The number of nitrogens with one attached hydrogen (secondary N) is 1. The lowest BCUT2D eigenvalue weighted by Crippen LogP contribution is -2.45. The lowest BCUT2D eigenvalue weighted by atomic mass is 10.2. The molecule has 5 nitrogen and oxygen atoms in total. The summed E-state index contributed by atoms with van der Waals surface area (Å²) in [6.45, 7) is 1.89. The number of nitrogens with zero attached hydrogens (tertiary/aromatic N) is 2. The quantitative estimate of drug-likeness (QED) is 0.670. The first kappa shape index (κ1) is 17.8. The summed E-state index contributed by atoms with van der Waals surface area (Å²) in [4.78, 5) is 31.1. The number of para-hydroxylation sites is 2. The minimum Gasteiger partial charge on any atom is -0.323 e. The van der Waals surface area contributed by atoms with Gasteiger partial charge in [-0.2, -0.15) is 0 Å².